The molecular weight excluding hydrogens is 156 g/mol. The Labute approximate surface area is 70.4 Å². The molecule has 12 heavy (non-hydrogen) atoms. The van der Waals surface area contributed by atoms with Gasteiger partial charge >= 0.3 is 6.09 Å². The van der Waals surface area contributed by atoms with E-state index in [4.69, 9.17) is 5.73 Å². The second kappa shape index (κ2) is 3.21. The molecule has 0 spiro atoms. The first-order chi connectivity index (χ1) is 5.58. The first-order valence-electron chi connectivity index (χ1n) is 3.50. The van der Waals surface area contributed by atoms with Crippen LogP contribution in [-0.4, -0.2) is 11.1 Å². The standard InChI is InChI=1S/C8H10N2O2/c1-5-3-6(2)10-7(4-5)12-8(9)11/h3-4H,1-2H3,(H2,9,11). The zero-order valence-electron chi connectivity index (χ0n) is 7.00. The number of aromatic nitrogens is 1. The fraction of sp³-hybridized carbons (Fsp3) is 0.250. The minimum atomic E-state index is -0.840. The molecule has 4 heteroatoms. The number of aryl methyl sites for hydroxylation is 2. The van der Waals surface area contributed by atoms with E-state index in [0.29, 0.717) is 0 Å². The Bertz CT molecular complexity index is 290. The maximum Gasteiger partial charge on any atom is 0.411 e. The number of nitrogens with two attached hydrogens (primary N) is 1. The summed E-state index contributed by atoms with van der Waals surface area (Å²) in [5, 5.41) is 0. The van der Waals surface area contributed by atoms with Crippen LogP contribution >= 0.6 is 0 Å². The van der Waals surface area contributed by atoms with E-state index in [9.17, 15) is 4.79 Å². The van der Waals surface area contributed by atoms with Crippen molar-refractivity contribution in [2.75, 3.05) is 0 Å². The summed E-state index contributed by atoms with van der Waals surface area (Å²) < 4.78 is 4.60. The van der Waals surface area contributed by atoms with Crippen molar-refractivity contribution in [3.05, 3.63) is 23.4 Å². The second-order valence-corrected chi connectivity index (χ2v) is 2.55. The van der Waals surface area contributed by atoms with Crippen LogP contribution in [0.2, 0.25) is 0 Å². The minimum Gasteiger partial charge on any atom is -0.391 e. The zero-order chi connectivity index (χ0) is 9.14. The van der Waals surface area contributed by atoms with Crippen molar-refractivity contribution in [1.29, 1.82) is 0 Å². The lowest BCUT2D eigenvalue weighted by Gasteiger charge is -2.01. The van der Waals surface area contributed by atoms with E-state index in [1.54, 1.807) is 6.07 Å². The third-order valence-electron chi connectivity index (χ3n) is 1.28. The molecule has 4 nitrogen and oxygen atoms in total. The van der Waals surface area contributed by atoms with Gasteiger partial charge in [-0.15, -0.1) is 0 Å². The summed E-state index contributed by atoms with van der Waals surface area (Å²) in [5.41, 5.74) is 6.61. The molecule has 0 aliphatic heterocycles. The molecule has 64 valence electrons. The highest BCUT2D eigenvalue weighted by Gasteiger charge is 2.00. The number of pyridine rings is 1. The van der Waals surface area contributed by atoms with Gasteiger partial charge < -0.3 is 10.5 Å². The molecule has 0 saturated carbocycles. The summed E-state index contributed by atoms with van der Waals surface area (Å²) in [6.07, 6.45) is -0.840. The van der Waals surface area contributed by atoms with Gasteiger partial charge in [0.05, 0.1) is 0 Å². The number of carbonyl (C=O) groups excluding carboxylic acids is 1. The molecule has 1 amide bonds. The van der Waals surface area contributed by atoms with Gasteiger partial charge in [0.2, 0.25) is 5.88 Å². The van der Waals surface area contributed by atoms with Gasteiger partial charge in [-0.05, 0) is 25.5 Å². The van der Waals surface area contributed by atoms with Crippen LogP contribution < -0.4 is 10.5 Å². The predicted octanol–water partition coefficient (Wildman–Crippen LogP) is 1.16. The van der Waals surface area contributed by atoms with Crippen molar-refractivity contribution >= 4 is 6.09 Å². The van der Waals surface area contributed by atoms with Gasteiger partial charge in [-0.2, -0.15) is 0 Å². The topological polar surface area (TPSA) is 65.2 Å². The molecule has 0 atom stereocenters. The third kappa shape index (κ3) is 2.23. The van der Waals surface area contributed by atoms with Crippen LogP contribution in [0.4, 0.5) is 4.79 Å². The minimum absolute atomic E-state index is 0.250. The number of nitrogens with zero attached hydrogens (tertiary/aromatic N) is 1. The van der Waals surface area contributed by atoms with E-state index in [1.807, 2.05) is 19.9 Å². The van der Waals surface area contributed by atoms with E-state index in [-0.39, 0.29) is 5.88 Å². The molecule has 0 aliphatic rings. The maximum absolute atomic E-state index is 10.4. The highest BCUT2D eigenvalue weighted by atomic mass is 16.6. The van der Waals surface area contributed by atoms with Crippen molar-refractivity contribution < 1.29 is 9.53 Å². The highest BCUT2D eigenvalue weighted by molar-refractivity contribution is 5.67. The summed E-state index contributed by atoms with van der Waals surface area (Å²) in [6, 6.07) is 3.53. The van der Waals surface area contributed by atoms with E-state index in [0.717, 1.165) is 11.3 Å². The molecule has 0 saturated heterocycles. The molecular formula is C8H10N2O2. The lowest BCUT2D eigenvalue weighted by atomic mass is 10.2. The molecule has 1 heterocycles. The van der Waals surface area contributed by atoms with E-state index < -0.39 is 6.09 Å². The third-order valence-corrected chi connectivity index (χ3v) is 1.28. The summed E-state index contributed by atoms with van der Waals surface area (Å²) >= 11 is 0. The first-order valence-corrected chi connectivity index (χ1v) is 3.50. The summed E-state index contributed by atoms with van der Waals surface area (Å²) in [5.74, 6) is 0.250. The van der Waals surface area contributed by atoms with Crippen LogP contribution in [0.15, 0.2) is 12.1 Å². The van der Waals surface area contributed by atoms with Gasteiger partial charge in [0.15, 0.2) is 0 Å². The Morgan fingerprint density at radius 3 is 2.67 bits per heavy atom. The maximum atomic E-state index is 10.4. The molecule has 2 N–H and O–H groups in total. The molecule has 0 bridgehead atoms. The summed E-state index contributed by atoms with van der Waals surface area (Å²) in [7, 11) is 0. The average Bonchev–Trinajstić information content (AvgIpc) is 1.81. The largest absolute Gasteiger partial charge is 0.411 e. The zero-order valence-corrected chi connectivity index (χ0v) is 7.00. The number of amides is 1. The lowest BCUT2D eigenvalue weighted by Crippen LogP contribution is -2.17. The van der Waals surface area contributed by atoms with Crippen LogP contribution in [0.5, 0.6) is 5.88 Å². The van der Waals surface area contributed by atoms with Crippen molar-refractivity contribution in [2.45, 2.75) is 13.8 Å². The second-order valence-electron chi connectivity index (χ2n) is 2.55. The van der Waals surface area contributed by atoms with Crippen molar-refractivity contribution in [2.24, 2.45) is 5.73 Å². The smallest absolute Gasteiger partial charge is 0.391 e. The summed E-state index contributed by atoms with van der Waals surface area (Å²) in [4.78, 5) is 14.3. The van der Waals surface area contributed by atoms with E-state index in [1.165, 1.54) is 0 Å². The van der Waals surface area contributed by atoms with Crippen molar-refractivity contribution in [3.8, 4) is 5.88 Å². The van der Waals surface area contributed by atoms with Gasteiger partial charge in [0.25, 0.3) is 0 Å². The average molecular weight is 166 g/mol. The molecule has 0 fully saturated rings. The molecule has 0 radical (unpaired) electrons. The van der Waals surface area contributed by atoms with Gasteiger partial charge in [-0.25, -0.2) is 9.78 Å². The Hall–Kier alpha value is -1.58. The van der Waals surface area contributed by atoms with Crippen LogP contribution in [0.3, 0.4) is 0 Å². The van der Waals surface area contributed by atoms with Gasteiger partial charge in [0, 0.05) is 11.8 Å². The Morgan fingerprint density at radius 2 is 2.17 bits per heavy atom. The molecule has 1 rings (SSSR count). The number of hydrogen-bond donors (Lipinski definition) is 1. The van der Waals surface area contributed by atoms with Crippen molar-refractivity contribution in [1.82, 2.24) is 4.98 Å². The first kappa shape index (κ1) is 8.52. The Morgan fingerprint density at radius 1 is 1.50 bits per heavy atom. The number of ether oxygens (including phenoxy) is 1. The van der Waals surface area contributed by atoms with Gasteiger partial charge in [-0.3, -0.25) is 0 Å². The molecule has 0 unspecified atom stereocenters. The van der Waals surface area contributed by atoms with Gasteiger partial charge in [0.1, 0.15) is 0 Å². The number of carbonyl (C=O) groups is 1. The van der Waals surface area contributed by atoms with Crippen LogP contribution in [0.25, 0.3) is 0 Å². The summed E-state index contributed by atoms with van der Waals surface area (Å²) in [6.45, 7) is 3.71. The molecule has 0 aromatic carbocycles. The van der Waals surface area contributed by atoms with Gasteiger partial charge in [-0.1, -0.05) is 0 Å². The van der Waals surface area contributed by atoms with Crippen LogP contribution in [-0.2, 0) is 0 Å². The number of hydrogen-bond acceptors (Lipinski definition) is 3. The SMILES string of the molecule is Cc1cc(C)nc(OC(N)=O)c1. The molecule has 0 aliphatic carbocycles. The predicted molar refractivity (Wildman–Crippen MR) is 43.9 cm³/mol. The van der Waals surface area contributed by atoms with Crippen molar-refractivity contribution in [3.63, 3.8) is 0 Å². The van der Waals surface area contributed by atoms with Crippen LogP contribution in [0.1, 0.15) is 11.3 Å². The molecule has 1 aromatic rings. The lowest BCUT2D eigenvalue weighted by molar-refractivity contribution is 0.209. The number of primary amides is 1. The van der Waals surface area contributed by atoms with Crippen LogP contribution in [0, 0.1) is 13.8 Å². The fourth-order valence-electron chi connectivity index (χ4n) is 0.960. The Balaban J connectivity index is 2.93. The highest BCUT2D eigenvalue weighted by Crippen LogP contribution is 2.10. The van der Waals surface area contributed by atoms with E-state index >= 15 is 0 Å². The normalized spacial score (nSPS) is 9.50. The van der Waals surface area contributed by atoms with E-state index in [2.05, 4.69) is 9.72 Å². The monoisotopic (exact) mass is 166 g/mol. The fourth-order valence-corrected chi connectivity index (χ4v) is 0.960. The molecule has 1 aromatic heterocycles. The Kier molecular flexibility index (Phi) is 2.28. The number of rotatable bonds is 1. The quantitative estimate of drug-likeness (QED) is 0.680.